The molecule has 0 aliphatic carbocycles. The Morgan fingerprint density at radius 2 is 1.78 bits per heavy atom. The Hall–Kier alpha value is -3.06. The van der Waals surface area contributed by atoms with Gasteiger partial charge in [-0.05, 0) is 36.8 Å². The van der Waals surface area contributed by atoms with E-state index < -0.39 is 0 Å². The first kappa shape index (κ1) is 17.4. The molecule has 0 saturated heterocycles. The molecule has 0 unspecified atom stereocenters. The van der Waals surface area contributed by atoms with E-state index in [0.29, 0.717) is 11.3 Å². The van der Waals surface area contributed by atoms with Crippen LogP contribution in [0.15, 0.2) is 59.2 Å². The number of aryl methyl sites for hydroxylation is 2. The predicted octanol–water partition coefficient (Wildman–Crippen LogP) is 4.35. The predicted molar refractivity (Wildman–Crippen MR) is 109 cm³/mol. The Morgan fingerprint density at radius 3 is 2.52 bits per heavy atom. The number of carbonyl (C=O) groups excluding carboxylic acids is 1. The molecule has 0 aliphatic rings. The van der Waals surface area contributed by atoms with E-state index in [1.165, 1.54) is 6.20 Å². The van der Waals surface area contributed by atoms with Gasteiger partial charge in [0.05, 0.1) is 22.9 Å². The van der Waals surface area contributed by atoms with Crippen LogP contribution in [-0.2, 0) is 7.05 Å². The second-order valence-corrected chi connectivity index (χ2v) is 7.05. The van der Waals surface area contributed by atoms with E-state index in [2.05, 4.69) is 36.3 Å². The summed E-state index contributed by atoms with van der Waals surface area (Å²) in [5, 5.41) is 7.40. The molecule has 0 spiro atoms. The van der Waals surface area contributed by atoms with Crippen molar-refractivity contribution >= 4 is 38.7 Å². The zero-order valence-corrected chi connectivity index (χ0v) is 16.4. The monoisotopic (exact) mass is 421 g/mol. The Morgan fingerprint density at radius 1 is 1.07 bits per heavy atom. The smallest absolute Gasteiger partial charge is 0.277 e. The number of halogens is 1. The van der Waals surface area contributed by atoms with Gasteiger partial charge in [0.1, 0.15) is 11.5 Å². The van der Waals surface area contributed by atoms with E-state index >= 15 is 0 Å². The summed E-state index contributed by atoms with van der Waals surface area (Å²) < 4.78 is 2.66. The number of rotatable bonds is 3. The van der Waals surface area contributed by atoms with Crippen molar-refractivity contribution < 1.29 is 4.79 Å². The summed E-state index contributed by atoms with van der Waals surface area (Å²) in [6.07, 6.45) is 1.49. The van der Waals surface area contributed by atoms with Gasteiger partial charge in [0.25, 0.3) is 5.91 Å². The lowest BCUT2D eigenvalue weighted by Crippen LogP contribution is -2.17. The minimum absolute atomic E-state index is 0.259. The fourth-order valence-electron chi connectivity index (χ4n) is 3.00. The molecule has 0 saturated carbocycles. The summed E-state index contributed by atoms with van der Waals surface area (Å²) in [7, 11) is 1.80. The standard InChI is InChI=1S/C20H16BrN5O/c1-12-18(13-7-9-14(21)10-8-13)19(26(2)25-12)24-20(27)17-11-22-15-5-3-4-6-16(15)23-17/h3-11H,1-2H3,(H,24,27). The number of nitrogens with zero attached hydrogens (tertiary/aromatic N) is 4. The highest BCUT2D eigenvalue weighted by Crippen LogP contribution is 2.32. The highest BCUT2D eigenvalue weighted by molar-refractivity contribution is 9.10. The lowest BCUT2D eigenvalue weighted by molar-refractivity contribution is 0.102. The minimum atomic E-state index is -0.324. The Balaban J connectivity index is 1.71. The molecule has 6 nitrogen and oxygen atoms in total. The van der Waals surface area contributed by atoms with Crippen molar-refractivity contribution in [2.45, 2.75) is 6.92 Å². The summed E-state index contributed by atoms with van der Waals surface area (Å²) >= 11 is 3.45. The van der Waals surface area contributed by atoms with Crippen LogP contribution in [0.3, 0.4) is 0 Å². The summed E-state index contributed by atoms with van der Waals surface area (Å²) in [4.78, 5) is 21.5. The molecule has 4 rings (SSSR count). The minimum Gasteiger partial charge on any atom is -0.305 e. The third kappa shape index (κ3) is 3.33. The van der Waals surface area contributed by atoms with E-state index in [9.17, 15) is 4.79 Å². The normalized spacial score (nSPS) is 10.9. The topological polar surface area (TPSA) is 72.7 Å². The third-order valence-electron chi connectivity index (χ3n) is 4.27. The average Bonchev–Trinajstić information content (AvgIpc) is 2.95. The molecular formula is C20H16BrN5O. The van der Waals surface area contributed by atoms with E-state index in [0.717, 1.165) is 26.8 Å². The van der Waals surface area contributed by atoms with Gasteiger partial charge in [-0.15, -0.1) is 0 Å². The summed E-state index contributed by atoms with van der Waals surface area (Å²) in [5.41, 5.74) is 4.38. The molecule has 0 aliphatic heterocycles. The Bertz CT molecular complexity index is 1150. The number of fused-ring (bicyclic) bond motifs is 1. The molecule has 27 heavy (non-hydrogen) atoms. The molecule has 1 amide bonds. The Kier molecular flexibility index (Phi) is 4.45. The fraction of sp³-hybridized carbons (Fsp3) is 0.100. The van der Waals surface area contributed by atoms with Crippen molar-refractivity contribution in [3.05, 3.63) is 70.6 Å². The highest BCUT2D eigenvalue weighted by Gasteiger charge is 2.19. The summed E-state index contributed by atoms with van der Waals surface area (Å²) in [6, 6.07) is 15.3. The molecule has 134 valence electrons. The first-order valence-electron chi connectivity index (χ1n) is 8.35. The van der Waals surface area contributed by atoms with Crippen LogP contribution >= 0.6 is 15.9 Å². The molecule has 1 N–H and O–H groups in total. The van der Waals surface area contributed by atoms with Crippen LogP contribution in [0.4, 0.5) is 5.82 Å². The number of hydrogen-bond donors (Lipinski definition) is 1. The lowest BCUT2D eigenvalue weighted by Gasteiger charge is -2.09. The SMILES string of the molecule is Cc1nn(C)c(NC(=O)c2cnc3ccccc3n2)c1-c1ccc(Br)cc1. The molecule has 7 heteroatoms. The van der Waals surface area contributed by atoms with Gasteiger partial charge in [0.2, 0.25) is 0 Å². The van der Waals surface area contributed by atoms with E-state index in [4.69, 9.17) is 0 Å². The van der Waals surface area contributed by atoms with Gasteiger partial charge in [0, 0.05) is 17.1 Å². The molecule has 0 fully saturated rings. The number of hydrogen-bond acceptors (Lipinski definition) is 4. The van der Waals surface area contributed by atoms with E-state index in [1.54, 1.807) is 11.7 Å². The Labute approximate surface area is 164 Å². The van der Waals surface area contributed by atoms with E-state index in [-0.39, 0.29) is 11.6 Å². The van der Waals surface area contributed by atoms with Gasteiger partial charge in [-0.2, -0.15) is 5.10 Å². The average molecular weight is 422 g/mol. The van der Waals surface area contributed by atoms with Gasteiger partial charge < -0.3 is 5.32 Å². The van der Waals surface area contributed by atoms with Gasteiger partial charge >= 0.3 is 0 Å². The summed E-state index contributed by atoms with van der Waals surface area (Å²) in [6.45, 7) is 1.92. The molecule has 2 heterocycles. The van der Waals surface area contributed by atoms with Crippen molar-refractivity contribution in [2.75, 3.05) is 5.32 Å². The quantitative estimate of drug-likeness (QED) is 0.533. The van der Waals surface area contributed by atoms with Crippen molar-refractivity contribution in [1.82, 2.24) is 19.7 Å². The number of benzene rings is 2. The molecule has 0 bridgehead atoms. The second kappa shape index (κ2) is 6.92. The molecule has 0 radical (unpaired) electrons. The molecule has 2 aromatic heterocycles. The van der Waals surface area contributed by atoms with E-state index in [1.807, 2.05) is 55.5 Å². The van der Waals surface area contributed by atoms with Gasteiger partial charge in [-0.3, -0.25) is 14.5 Å². The number of carbonyl (C=O) groups is 1. The zero-order valence-electron chi connectivity index (χ0n) is 14.8. The fourth-order valence-corrected chi connectivity index (χ4v) is 3.27. The van der Waals surface area contributed by atoms with Crippen LogP contribution in [0.1, 0.15) is 16.2 Å². The zero-order chi connectivity index (χ0) is 19.0. The molecule has 2 aromatic carbocycles. The first-order chi connectivity index (χ1) is 13.0. The van der Waals surface area contributed by atoms with Crippen LogP contribution < -0.4 is 5.32 Å². The van der Waals surface area contributed by atoms with Crippen molar-refractivity contribution in [1.29, 1.82) is 0 Å². The van der Waals surface area contributed by atoms with Crippen LogP contribution in [0.25, 0.3) is 22.2 Å². The summed E-state index contributed by atoms with van der Waals surface area (Å²) in [5.74, 6) is 0.296. The third-order valence-corrected chi connectivity index (χ3v) is 4.80. The van der Waals surface area contributed by atoms with Crippen LogP contribution in [0, 0.1) is 6.92 Å². The molecule has 4 aromatic rings. The van der Waals surface area contributed by atoms with Gasteiger partial charge in [-0.25, -0.2) is 4.98 Å². The maximum Gasteiger partial charge on any atom is 0.277 e. The number of nitrogens with one attached hydrogen (secondary N) is 1. The van der Waals surface area contributed by atoms with Crippen molar-refractivity contribution in [2.24, 2.45) is 7.05 Å². The maximum atomic E-state index is 12.8. The van der Waals surface area contributed by atoms with Crippen LogP contribution in [-0.4, -0.2) is 25.7 Å². The first-order valence-corrected chi connectivity index (χ1v) is 9.15. The largest absolute Gasteiger partial charge is 0.305 e. The van der Waals surface area contributed by atoms with Crippen LogP contribution in [0.5, 0.6) is 0 Å². The number of amides is 1. The second-order valence-electron chi connectivity index (χ2n) is 6.14. The molecular weight excluding hydrogens is 406 g/mol. The highest BCUT2D eigenvalue weighted by atomic mass is 79.9. The van der Waals surface area contributed by atoms with Crippen LogP contribution in [0.2, 0.25) is 0 Å². The number of para-hydroxylation sites is 2. The lowest BCUT2D eigenvalue weighted by atomic mass is 10.1. The number of anilines is 1. The maximum absolute atomic E-state index is 12.8. The van der Waals surface area contributed by atoms with Crippen molar-refractivity contribution in [3.8, 4) is 11.1 Å². The van der Waals surface area contributed by atoms with Gasteiger partial charge in [-0.1, -0.05) is 40.2 Å². The van der Waals surface area contributed by atoms with Gasteiger partial charge in [0.15, 0.2) is 0 Å². The molecule has 0 atom stereocenters. The number of aromatic nitrogens is 4. The van der Waals surface area contributed by atoms with Crippen molar-refractivity contribution in [3.63, 3.8) is 0 Å².